The van der Waals surface area contributed by atoms with Crippen molar-refractivity contribution < 1.29 is 28.6 Å². The second kappa shape index (κ2) is 14.3. The van der Waals surface area contributed by atoms with E-state index in [2.05, 4.69) is 10.2 Å². The van der Waals surface area contributed by atoms with Gasteiger partial charge in [0.25, 0.3) is 5.91 Å². The standard InChI is InChI=1S/C35H51N3O6/c1-42-26-11-7-23(8-12-26)20-37(21-24-9-13-27(43-2)14-10-24)30-5-3-4-6-32(30)44-28-15-16-29-25(19-28)22-38(35(29)41)31-17-18-33(39)36-34(31)40/h15-16,19,23-24,26-27,30-32H,3-14,17-18,20-22H2,1-2H3,(H,36,39,40)/t23?,24?,26?,27?,30-,31?,32+/m1/s1. The van der Waals surface area contributed by atoms with Crippen molar-refractivity contribution in [3.05, 3.63) is 29.3 Å². The molecule has 1 N–H and O–H groups in total. The second-order valence-electron chi connectivity index (χ2n) is 13.9. The van der Waals surface area contributed by atoms with E-state index in [1.165, 1.54) is 38.5 Å². The van der Waals surface area contributed by atoms with Crippen LogP contribution in [0.15, 0.2) is 18.2 Å². The average molecular weight is 610 g/mol. The van der Waals surface area contributed by atoms with E-state index in [0.29, 0.717) is 48.6 Å². The summed E-state index contributed by atoms with van der Waals surface area (Å²) in [6.07, 6.45) is 15.7. The Kier molecular flexibility index (Phi) is 10.2. The van der Waals surface area contributed by atoms with Crippen LogP contribution in [-0.2, 0) is 25.6 Å². The van der Waals surface area contributed by atoms with E-state index in [9.17, 15) is 14.4 Å². The fourth-order valence-electron chi connectivity index (χ4n) is 8.54. The zero-order chi connectivity index (χ0) is 30.6. The highest BCUT2D eigenvalue weighted by atomic mass is 16.5. The second-order valence-corrected chi connectivity index (χ2v) is 13.9. The van der Waals surface area contributed by atoms with Gasteiger partial charge in [0.1, 0.15) is 17.9 Å². The molecule has 4 fully saturated rings. The van der Waals surface area contributed by atoms with Gasteiger partial charge in [-0.3, -0.25) is 24.6 Å². The Morgan fingerprint density at radius 1 is 0.818 bits per heavy atom. The van der Waals surface area contributed by atoms with Gasteiger partial charge in [0.2, 0.25) is 11.8 Å². The first kappa shape index (κ1) is 31.5. The molecule has 2 aliphatic heterocycles. The first-order chi connectivity index (χ1) is 21.4. The van der Waals surface area contributed by atoms with Gasteiger partial charge in [-0.2, -0.15) is 0 Å². The molecule has 242 valence electrons. The number of hydrogen-bond acceptors (Lipinski definition) is 7. The lowest BCUT2D eigenvalue weighted by Crippen LogP contribution is -2.52. The molecule has 5 aliphatic rings. The number of carbonyl (C=O) groups is 3. The molecular weight excluding hydrogens is 558 g/mol. The first-order valence-corrected chi connectivity index (χ1v) is 17.2. The molecule has 0 aromatic heterocycles. The third-order valence-corrected chi connectivity index (χ3v) is 11.2. The summed E-state index contributed by atoms with van der Waals surface area (Å²) in [5, 5.41) is 2.39. The molecule has 1 aromatic carbocycles. The van der Waals surface area contributed by atoms with Crippen LogP contribution >= 0.6 is 0 Å². The topological polar surface area (TPSA) is 97.4 Å². The molecule has 1 unspecified atom stereocenters. The average Bonchev–Trinajstić information content (AvgIpc) is 3.36. The van der Waals surface area contributed by atoms with Gasteiger partial charge in [-0.1, -0.05) is 6.42 Å². The summed E-state index contributed by atoms with van der Waals surface area (Å²) in [5.41, 5.74) is 1.52. The summed E-state index contributed by atoms with van der Waals surface area (Å²) in [6, 6.07) is 5.56. The zero-order valence-electron chi connectivity index (χ0n) is 26.6. The van der Waals surface area contributed by atoms with Crippen molar-refractivity contribution in [2.45, 2.75) is 127 Å². The maximum absolute atomic E-state index is 13.2. The molecule has 3 amide bonds. The summed E-state index contributed by atoms with van der Waals surface area (Å²) < 4.78 is 18.2. The van der Waals surface area contributed by atoms with E-state index in [-0.39, 0.29) is 30.2 Å². The molecule has 0 spiro atoms. The van der Waals surface area contributed by atoms with Gasteiger partial charge in [0, 0.05) is 51.9 Å². The smallest absolute Gasteiger partial charge is 0.255 e. The Balaban J connectivity index is 1.15. The lowest BCUT2D eigenvalue weighted by Gasteiger charge is -2.44. The third-order valence-electron chi connectivity index (χ3n) is 11.2. The molecule has 3 aliphatic carbocycles. The van der Waals surface area contributed by atoms with Crippen LogP contribution in [0, 0.1) is 11.8 Å². The largest absolute Gasteiger partial charge is 0.489 e. The zero-order valence-corrected chi connectivity index (χ0v) is 26.6. The number of fused-ring (bicyclic) bond motifs is 1. The Morgan fingerprint density at radius 3 is 2.07 bits per heavy atom. The van der Waals surface area contributed by atoms with E-state index in [1.54, 1.807) is 4.90 Å². The Bertz CT molecular complexity index is 1150. The van der Waals surface area contributed by atoms with Crippen LogP contribution in [0.4, 0.5) is 0 Å². The number of methoxy groups -OCH3 is 2. The number of nitrogens with zero attached hydrogens (tertiary/aromatic N) is 2. The number of imide groups is 1. The van der Waals surface area contributed by atoms with Gasteiger partial charge in [-0.25, -0.2) is 0 Å². The molecule has 6 rings (SSSR count). The third kappa shape index (κ3) is 7.15. The highest BCUT2D eigenvalue weighted by Gasteiger charge is 2.40. The lowest BCUT2D eigenvalue weighted by molar-refractivity contribution is -0.136. The van der Waals surface area contributed by atoms with E-state index < -0.39 is 6.04 Å². The van der Waals surface area contributed by atoms with Crippen LogP contribution in [0.3, 0.4) is 0 Å². The summed E-state index contributed by atoms with van der Waals surface area (Å²) in [5.74, 6) is 1.41. The summed E-state index contributed by atoms with van der Waals surface area (Å²) in [4.78, 5) is 41.8. The highest BCUT2D eigenvalue weighted by Crippen LogP contribution is 2.36. The normalized spacial score (nSPS) is 32.9. The maximum atomic E-state index is 13.2. The van der Waals surface area contributed by atoms with Crippen molar-refractivity contribution in [3.63, 3.8) is 0 Å². The molecule has 1 saturated heterocycles. The van der Waals surface area contributed by atoms with E-state index >= 15 is 0 Å². The predicted octanol–water partition coefficient (Wildman–Crippen LogP) is 4.85. The fourth-order valence-corrected chi connectivity index (χ4v) is 8.54. The molecule has 9 heteroatoms. The minimum Gasteiger partial charge on any atom is -0.489 e. The Morgan fingerprint density at radius 2 is 1.45 bits per heavy atom. The van der Waals surface area contributed by atoms with Gasteiger partial charge in [0.15, 0.2) is 0 Å². The van der Waals surface area contributed by atoms with Gasteiger partial charge >= 0.3 is 0 Å². The number of piperidine rings is 1. The monoisotopic (exact) mass is 609 g/mol. The Labute approximate surface area is 262 Å². The molecule has 2 heterocycles. The van der Waals surface area contributed by atoms with E-state index in [4.69, 9.17) is 14.2 Å². The first-order valence-electron chi connectivity index (χ1n) is 17.2. The summed E-state index contributed by atoms with van der Waals surface area (Å²) in [7, 11) is 3.69. The van der Waals surface area contributed by atoms with Crippen LogP contribution in [-0.4, -0.2) is 85.2 Å². The van der Waals surface area contributed by atoms with Crippen LogP contribution in [0.1, 0.15) is 106 Å². The van der Waals surface area contributed by atoms with E-state index in [1.807, 2.05) is 32.4 Å². The number of benzene rings is 1. The van der Waals surface area contributed by atoms with Crippen LogP contribution < -0.4 is 10.1 Å². The number of rotatable bonds is 10. The minimum atomic E-state index is -0.605. The fraction of sp³-hybridized carbons (Fsp3) is 0.743. The molecule has 0 bridgehead atoms. The van der Waals surface area contributed by atoms with Crippen molar-refractivity contribution in [2.75, 3.05) is 27.3 Å². The Hall–Kier alpha value is -2.49. The van der Waals surface area contributed by atoms with Gasteiger partial charge in [-0.05, 0) is 113 Å². The molecule has 9 nitrogen and oxygen atoms in total. The maximum Gasteiger partial charge on any atom is 0.255 e. The molecule has 1 aromatic rings. The number of carbonyl (C=O) groups excluding carboxylic acids is 3. The number of nitrogens with one attached hydrogen (secondary N) is 1. The van der Waals surface area contributed by atoms with E-state index in [0.717, 1.165) is 62.9 Å². The predicted molar refractivity (Wildman–Crippen MR) is 166 cm³/mol. The number of amides is 3. The number of hydrogen-bond donors (Lipinski definition) is 1. The number of ether oxygens (including phenoxy) is 3. The summed E-state index contributed by atoms with van der Waals surface area (Å²) >= 11 is 0. The molecule has 0 radical (unpaired) electrons. The SMILES string of the molecule is COC1CCC(CN(CC2CCC(OC)CC2)[C@@H]2CCCC[C@@H]2Oc2ccc3c(c2)CN(C2CCC(=O)NC2=O)C3=O)CC1. The van der Waals surface area contributed by atoms with Gasteiger partial charge in [0.05, 0.1) is 12.2 Å². The van der Waals surface area contributed by atoms with Crippen molar-refractivity contribution in [1.82, 2.24) is 15.1 Å². The molecule has 3 saturated carbocycles. The van der Waals surface area contributed by atoms with Crippen LogP contribution in [0.5, 0.6) is 5.75 Å². The lowest BCUT2D eigenvalue weighted by atomic mass is 9.83. The van der Waals surface area contributed by atoms with Crippen molar-refractivity contribution in [2.24, 2.45) is 11.8 Å². The molecular formula is C35H51N3O6. The van der Waals surface area contributed by atoms with Gasteiger partial charge in [-0.15, -0.1) is 0 Å². The molecule has 3 atom stereocenters. The highest BCUT2D eigenvalue weighted by molar-refractivity contribution is 6.05. The van der Waals surface area contributed by atoms with Crippen LogP contribution in [0.2, 0.25) is 0 Å². The van der Waals surface area contributed by atoms with Gasteiger partial charge < -0.3 is 19.1 Å². The van der Waals surface area contributed by atoms with Crippen molar-refractivity contribution in [1.29, 1.82) is 0 Å². The quantitative estimate of drug-likeness (QED) is 0.379. The van der Waals surface area contributed by atoms with Crippen molar-refractivity contribution >= 4 is 17.7 Å². The van der Waals surface area contributed by atoms with Crippen LogP contribution in [0.25, 0.3) is 0 Å². The minimum absolute atomic E-state index is 0.107. The molecule has 44 heavy (non-hydrogen) atoms. The summed E-state index contributed by atoms with van der Waals surface area (Å²) in [6.45, 7) is 2.63. The van der Waals surface area contributed by atoms with Crippen molar-refractivity contribution in [3.8, 4) is 5.75 Å².